The molecule has 0 spiro atoms. The van der Waals surface area contributed by atoms with Crippen LogP contribution < -0.4 is 5.32 Å². The van der Waals surface area contributed by atoms with Crippen molar-refractivity contribution in [1.82, 2.24) is 5.32 Å². The number of nitriles is 1. The number of hydrogen-bond acceptors (Lipinski definition) is 6. The minimum atomic E-state index is -3.93. The molecule has 0 saturated carbocycles. The molecule has 0 amide bonds. The van der Waals surface area contributed by atoms with Crippen molar-refractivity contribution < 1.29 is 17.9 Å². The van der Waals surface area contributed by atoms with E-state index in [2.05, 4.69) is 11.4 Å². The van der Waals surface area contributed by atoms with E-state index < -0.39 is 9.84 Å². The van der Waals surface area contributed by atoms with E-state index in [0.717, 1.165) is 18.4 Å². The average molecular weight is 370 g/mol. The van der Waals surface area contributed by atoms with E-state index in [-0.39, 0.29) is 15.6 Å². The van der Waals surface area contributed by atoms with Gasteiger partial charge in [-0.05, 0) is 43.2 Å². The van der Waals surface area contributed by atoms with E-state index in [1.54, 1.807) is 0 Å². The molecule has 7 heteroatoms. The molecule has 1 atom stereocenters. The summed E-state index contributed by atoms with van der Waals surface area (Å²) in [6, 6.07) is 7.72. The fraction of sp³-hybridized carbons (Fsp3) is 0.211. The van der Waals surface area contributed by atoms with Gasteiger partial charge in [0.15, 0.2) is 5.76 Å². The molecule has 6 nitrogen and oxygen atoms in total. The summed E-state index contributed by atoms with van der Waals surface area (Å²) in [5.74, 6) is 0.663. The van der Waals surface area contributed by atoms with Crippen LogP contribution in [-0.4, -0.2) is 22.0 Å². The lowest BCUT2D eigenvalue weighted by atomic mass is 9.93. The largest absolute Gasteiger partial charge is 0.464 e. The Morgan fingerprint density at radius 1 is 1.35 bits per heavy atom. The lowest BCUT2D eigenvalue weighted by Gasteiger charge is -2.22. The van der Waals surface area contributed by atoms with Crippen molar-refractivity contribution in [2.24, 2.45) is 5.92 Å². The molecular weight excluding hydrogens is 352 g/mol. The fourth-order valence-corrected chi connectivity index (χ4v) is 3.90. The number of benzene rings is 1. The summed E-state index contributed by atoms with van der Waals surface area (Å²) < 4.78 is 36.5. The molecule has 1 N–H and O–H groups in total. The van der Waals surface area contributed by atoms with Crippen LogP contribution in [0.15, 0.2) is 76.3 Å². The Morgan fingerprint density at radius 3 is 2.96 bits per heavy atom. The van der Waals surface area contributed by atoms with E-state index in [9.17, 15) is 8.42 Å². The lowest BCUT2D eigenvalue weighted by Crippen LogP contribution is -2.20. The summed E-state index contributed by atoms with van der Waals surface area (Å²) in [6.45, 7) is 0.809. The highest BCUT2D eigenvalue weighted by molar-refractivity contribution is 7.95. The van der Waals surface area contributed by atoms with Gasteiger partial charge in [0.05, 0.1) is 16.5 Å². The fourth-order valence-electron chi connectivity index (χ4n) is 2.75. The van der Waals surface area contributed by atoms with Crippen LogP contribution in [0.25, 0.3) is 0 Å². The number of allylic oxidation sites excluding steroid dienone is 3. The van der Waals surface area contributed by atoms with Gasteiger partial charge in [0, 0.05) is 6.54 Å². The maximum absolute atomic E-state index is 12.8. The molecule has 1 unspecified atom stereocenters. The third-order valence-corrected chi connectivity index (χ3v) is 5.62. The second-order valence-electron chi connectivity index (χ2n) is 5.90. The highest BCUT2D eigenvalue weighted by Crippen LogP contribution is 2.32. The smallest absolute Gasteiger partial charge is 0.258 e. The van der Waals surface area contributed by atoms with Gasteiger partial charge in [0.1, 0.15) is 12.5 Å². The van der Waals surface area contributed by atoms with E-state index >= 15 is 0 Å². The highest BCUT2D eigenvalue weighted by Gasteiger charge is 2.28. The number of rotatable bonds is 5. The first-order valence-corrected chi connectivity index (χ1v) is 9.54. The van der Waals surface area contributed by atoms with Gasteiger partial charge >= 0.3 is 0 Å². The Balaban J connectivity index is 1.81. The Bertz CT molecular complexity index is 965. The molecular formula is C19H18N2O4S. The first kappa shape index (κ1) is 18.0. The van der Waals surface area contributed by atoms with Crippen molar-refractivity contribution in [3.05, 3.63) is 77.0 Å². The quantitative estimate of drug-likeness (QED) is 0.857. The van der Waals surface area contributed by atoms with E-state index in [0.29, 0.717) is 18.1 Å². The van der Waals surface area contributed by atoms with Gasteiger partial charge in [0.25, 0.3) is 5.09 Å². The van der Waals surface area contributed by atoms with Crippen LogP contribution in [0.4, 0.5) is 0 Å². The SMILES string of the molecule is CNCC1C=CC=C(C2=COC=C(S(=O)(=O)c3cccc(C#N)c3)O2)C1. The highest BCUT2D eigenvalue weighted by atomic mass is 32.2. The zero-order chi connectivity index (χ0) is 18.6. The van der Waals surface area contributed by atoms with E-state index in [1.807, 2.05) is 25.3 Å². The number of sulfone groups is 1. The molecule has 1 aromatic carbocycles. The number of ether oxygens (including phenoxy) is 2. The third kappa shape index (κ3) is 3.72. The van der Waals surface area contributed by atoms with Gasteiger partial charge in [-0.2, -0.15) is 5.26 Å². The molecule has 1 aliphatic carbocycles. The topological polar surface area (TPSA) is 88.4 Å². The molecule has 0 bridgehead atoms. The summed E-state index contributed by atoms with van der Waals surface area (Å²) in [5.41, 5.74) is 1.12. The van der Waals surface area contributed by atoms with Crippen LogP contribution >= 0.6 is 0 Å². The molecule has 2 aliphatic rings. The number of nitrogens with one attached hydrogen (secondary N) is 1. The lowest BCUT2D eigenvalue weighted by molar-refractivity contribution is 0.247. The van der Waals surface area contributed by atoms with Crippen molar-refractivity contribution in [2.75, 3.05) is 13.6 Å². The normalized spacial score (nSPS) is 19.4. The van der Waals surface area contributed by atoms with E-state index in [4.69, 9.17) is 14.7 Å². The van der Waals surface area contributed by atoms with Crippen LogP contribution in [0.3, 0.4) is 0 Å². The van der Waals surface area contributed by atoms with Gasteiger partial charge in [-0.15, -0.1) is 0 Å². The van der Waals surface area contributed by atoms with Gasteiger partial charge < -0.3 is 14.8 Å². The van der Waals surface area contributed by atoms with Crippen molar-refractivity contribution in [1.29, 1.82) is 5.26 Å². The minimum Gasteiger partial charge on any atom is -0.464 e. The van der Waals surface area contributed by atoms with Crippen LogP contribution in [0.5, 0.6) is 0 Å². The first-order valence-electron chi connectivity index (χ1n) is 8.06. The summed E-state index contributed by atoms with van der Waals surface area (Å²) in [4.78, 5) is -0.0155. The summed E-state index contributed by atoms with van der Waals surface area (Å²) >= 11 is 0. The standard InChI is InChI=1S/C19H18N2O4S/c1-21-11-15-5-2-6-16(8-15)18-12-24-13-19(25-18)26(22,23)17-7-3-4-14(9-17)10-20/h2-7,9,12-13,15,21H,8,11H2,1H3. The molecule has 26 heavy (non-hydrogen) atoms. The molecule has 134 valence electrons. The maximum atomic E-state index is 12.8. The monoisotopic (exact) mass is 370 g/mol. The van der Waals surface area contributed by atoms with Gasteiger partial charge in [-0.25, -0.2) is 8.42 Å². The van der Waals surface area contributed by atoms with Crippen LogP contribution in [0.2, 0.25) is 0 Å². The van der Waals surface area contributed by atoms with Gasteiger partial charge in [0.2, 0.25) is 9.84 Å². The predicted octanol–water partition coefficient (Wildman–Crippen LogP) is 2.74. The molecule has 0 fully saturated rings. The Hall–Kier alpha value is -2.82. The average Bonchev–Trinajstić information content (AvgIpc) is 2.68. The van der Waals surface area contributed by atoms with Gasteiger partial charge in [-0.3, -0.25) is 0 Å². The van der Waals surface area contributed by atoms with Crippen molar-refractivity contribution >= 4 is 9.84 Å². The van der Waals surface area contributed by atoms with Crippen molar-refractivity contribution in [3.63, 3.8) is 0 Å². The number of hydrogen-bond donors (Lipinski definition) is 1. The predicted molar refractivity (Wildman–Crippen MR) is 95.9 cm³/mol. The molecule has 1 aromatic rings. The maximum Gasteiger partial charge on any atom is 0.258 e. The number of nitrogens with zero attached hydrogens (tertiary/aromatic N) is 1. The summed E-state index contributed by atoms with van der Waals surface area (Å²) in [6.07, 6.45) is 9.06. The first-order chi connectivity index (χ1) is 12.5. The van der Waals surface area contributed by atoms with E-state index in [1.165, 1.54) is 30.5 Å². The second kappa shape index (κ2) is 7.60. The molecule has 1 aliphatic heterocycles. The summed E-state index contributed by atoms with van der Waals surface area (Å²) in [7, 11) is -2.04. The third-order valence-electron chi connectivity index (χ3n) is 4.03. The Kier molecular flexibility index (Phi) is 5.26. The molecule has 0 aromatic heterocycles. The Labute approximate surface area is 152 Å². The minimum absolute atomic E-state index is 0.0155. The molecule has 0 saturated heterocycles. The molecule has 0 radical (unpaired) electrons. The second-order valence-corrected chi connectivity index (χ2v) is 7.78. The van der Waals surface area contributed by atoms with Crippen LogP contribution in [0, 0.1) is 17.2 Å². The van der Waals surface area contributed by atoms with Crippen LogP contribution in [0.1, 0.15) is 12.0 Å². The van der Waals surface area contributed by atoms with Crippen LogP contribution in [-0.2, 0) is 19.3 Å². The van der Waals surface area contributed by atoms with Crippen molar-refractivity contribution in [3.8, 4) is 6.07 Å². The summed E-state index contributed by atoms with van der Waals surface area (Å²) in [5, 5.41) is 11.8. The molecule has 1 heterocycles. The Morgan fingerprint density at radius 2 is 2.19 bits per heavy atom. The molecule has 3 rings (SSSR count). The van der Waals surface area contributed by atoms with Gasteiger partial charge in [-0.1, -0.05) is 24.3 Å². The zero-order valence-corrected chi connectivity index (χ0v) is 15.0. The van der Waals surface area contributed by atoms with Crippen molar-refractivity contribution in [2.45, 2.75) is 11.3 Å². The zero-order valence-electron chi connectivity index (χ0n) is 14.2.